The minimum atomic E-state index is -0.368. The fourth-order valence-corrected chi connectivity index (χ4v) is 7.52. The van der Waals surface area contributed by atoms with Crippen LogP contribution in [0.4, 0.5) is 5.69 Å². The lowest BCUT2D eigenvalue weighted by Crippen LogP contribution is -2.35. The summed E-state index contributed by atoms with van der Waals surface area (Å²) in [5.41, 5.74) is 5.45. The molecule has 53 heavy (non-hydrogen) atoms. The number of halogens is 2. The van der Waals surface area contributed by atoms with Crippen molar-refractivity contribution in [2.45, 2.75) is 58.8 Å². The summed E-state index contributed by atoms with van der Waals surface area (Å²) in [5, 5.41) is 14.4. The zero-order valence-corrected chi connectivity index (χ0v) is 31.6. The molecule has 16 heteroatoms. The number of amides is 2. The fraction of sp³-hybridized carbons (Fsp3) is 0.378. The van der Waals surface area contributed by atoms with E-state index in [4.69, 9.17) is 37.9 Å². The van der Waals surface area contributed by atoms with E-state index in [0.717, 1.165) is 61.1 Å². The molecule has 0 saturated carbocycles. The Kier molecular flexibility index (Phi) is 10.7. The van der Waals surface area contributed by atoms with Crippen LogP contribution in [-0.4, -0.2) is 83.8 Å². The number of fused-ring (bicyclic) bond motifs is 1. The molecule has 0 unspecified atom stereocenters. The predicted octanol–water partition coefficient (Wildman–Crippen LogP) is 4.75. The first-order valence-electron chi connectivity index (χ1n) is 17.5. The van der Waals surface area contributed by atoms with Crippen LogP contribution < -0.4 is 20.7 Å². The molecule has 276 valence electrons. The number of carbonyl (C=O) groups is 2. The second-order valence-electron chi connectivity index (χ2n) is 13.3. The molecule has 14 nitrogen and oxygen atoms in total. The van der Waals surface area contributed by atoms with Gasteiger partial charge in [-0.05, 0) is 38.5 Å². The number of nitrogens with zero attached hydrogens (tertiary/aromatic N) is 8. The topological polar surface area (TPSA) is 157 Å². The molecule has 7 rings (SSSR count). The average Bonchev–Trinajstić information content (AvgIpc) is 3.82. The highest BCUT2D eigenvalue weighted by molar-refractivity contribution is 6.39. The van der Waals surface area contributed by atoms with Crippen molar-refractivity contribution in [2.75, 3.05) is 32.1 Å². The van der Waals surface area contributed by atoms with Gasteiger partial charge < -0.3 is 25.3 Å². The van der Waals surface area contributed by atoms with E-state index >= 15 is 0 Å². The number of anilines is 1. The first kappa shape index (κ1) is 36.5. The van der Waals surface area contributed by atoms with E-state index in [9.17, 15) is 9.59 Å². The van der Waals surface area contributed by atoms with Gasteiger partial charge in [0, 0.05) is 87.2 Å². The minimum absolute atomic E-state index is 0.0866. The van der Waals surface area contributed by atoms with E-state index in [1.807, 2.05) is 48.3 Å². The second kappa shape index (κ2) is 15.6. The normalized spacial score (nSPS) is 15.7. The van der Waals surface area contributed by atoms with Crippen LogP contribution in [0.5, 0.6) is 5.88 Å². The summed E-state index contributed by atoms with van der Waals surface area (Å²) in [5.74, 6) is 2.15. The number of methoxy groups -OCH3 is 1. The van der Waals surface area contributed by atoms with Crippen LogP contribution >= 0.6 is 23.2 Å². The van der Waals surface area contributed by atoms with E-state index in [1.54, 1.807) is 31.5 Å². The maximum absolute atomic E-state index is 13.7. The molecule has 0 aliphatic carbocycles. The van der Waals surface area contributed by atoms with Gasteiger partial charge in [-0.3, -0.25) is 19.5 Å². The number of aryl methyl sites for hydroxylation is 2. The third-order valence-corrected chi connectivity index (χ3v) is 10.5. The minimum Gasteiger partial charge on any atom is -0.481 e. The van der Waals surface area contributed by atoms with Crippen LogP contribution in [0.15, 0.2) is 42.6 Å². The molecule has 2 aliphatic rings. The zero-order valence-electron chi connectivity index (χ0n) is 30.0. The largest absolute Gasteiger partial charge is 0.481 e. The number of pyridine rings is 2. The number of hydrogen-bond acceptors (Lipinski definition) is 10. The van der Waals surface area contributed by atoms with E-state index in [2.05, 4.69) is 35.9 Å². The fourth-order valence-electron chi connectivity index (χ4n) is 6.95. The summed E-state index contributed by atoms with van der Waals surface area (Å²) in [6, 6.07) is 11.1. The van der Waals surface area contributed by atoms with Gasteiger partial charge in [-0.2, -0.15) is 5.10 Å². The quantitative estimate of drug-likeness (QED) is 0.162. The lowest BCUT2D eigenvalue weighted by atomic mass is 10.1. The van der Waals surface area contributed by atoms with Crippen LogP contribution in [0.3, 0.4) is 0 Å². The van der Waals surface area contributed by atoms with Crippen molar-refractivity contribution in [3.05, 3.63) is 87.1 Å². The smallest absolute Gasteiger partial charge is 0.291 e. The Morgan fingerprint density at radius 2 is 1.89 bits per heavy atom. The summed E-state index contributed by atoms with van der Waals surface area (Å²) in [6.45, 7) is 8.06. The molecular formula is C37H41Cl2N11O3. The third kappa shape index (κ3) is 7.77. The number of ether oxygens (including phenoxy) is 1. The van der Waals surface area contributed by atoms with Crippen LogP contribution in [0.1, 0.15) is 52.1 Å². The summed E-state index contributed by atoms with van der Waals surface area (Å²) in [7, 11) is 3.44. The Balaban J connectivity index is 1.05. The van der Waals surface area contributed by atoms with Crippen molar-refractivity contribution < 1.29 is 14.3 Å². The number of rotatable bonds is 12. The van der Waals surface area contributed by atoms with Crippen molar-refractivity contribution >= 4 is 40.7 Å². The first-order chi connectivity index (χ1) is 25.6. The molecule has 0 bridgehead atoms. The number of carbonyl (C=O) groups excluding carboxylic acids is 2. The number of nitrogens with one attached hydrogen (secondary N) is 3. The number of hydrogen-bond donors (Lipinski definition) is 3. The summed E-state index contributed by atoms with van der Waals surface area (Å²) >= 11 is 14.0. The van der Waals surface area contributed by atoms with Crippen molar-refractivity contribution in [2.24, 2.45) is 7.05 Å². The lowest BCUT2D eigenvalue weighted by Gasteiger charge is -2.26. The molecule has 2 amide bonds. The molecule has 0 radical (unpaired) electrons. The standard InChI is InChI=1S/C37H41Cl2N11O3/c1-21-42-22(2)50(47-21)17-16-49-15-13-30-29(20-49)44-35(48(30)3)36(52)45-28-7-5-6-26(32(28)38)34-33(39)25(12-14-41-34)27-10-8-23(37(46-27)53-4)18-40-19-24-9-11-31(51)43-24/h5-8,10,12,14,24,40H,9,11,13,15-20H2,1-4H3,(H,43,51)(H,45,52)/t24-/m0/s1. The van der Waals surface area contributed by atoms with Gasteiger partial charge in [0.05, 0.1) is 46.5 Å². The predicted molar refractivity (Wildman–Crippen MR) is 202 cm³/mol. The maximum atomic E-state index is 13.7. The summed E-state index contributed by atoms with van der Waals surface area (Å²) in [4.78, 5) is 46.0. The van der Waals surface area contributed by atoms with Crippen molar-refractivity contribution in [3.63, 3.8) is 0 Å². The van der Waals surface area contributed by atoms with Gasteiger partial charge in [-0.25, -0.2) is 19.6 Å². The molecule has 0 spiro atoms. The SMILES string of the molecule is COc1nc(-c2ccnc(-c3cccc(NC(=O)c4nc5c(n4C)CCN(CCn4nc(C)nc4C)C5)c3Cl)c2Cl)ccc1CNC[C@@H]1CCC(=O)N1. The van der Waals surface area contributed by atoms with E-state index < -0.39 is 0 Å². The molecule has 1 saturated heterocycles. The highest BCUT2D eigenvalue weighted by atomic mass is 35.5. The Hall–Kier alpha value is -4.89. The molecule has 3 N–H and O–H groups in total. The average molecular weight is 759 g/mol. The Morgan fingerprint density at radius 1 is 1.04 bits per heavy atom. The van der Waals surface area contributed by atoms with E-state index in [1.165, 1.54) is 0 Å². The molecule has 1 aromatic carbocycles. The highest BCUT2D eigenvalue weighted by Crippen LogP contribution is 2.40. The second-order valence-corrected chi connectivity index (χ2v) is 14.0. The number of aromatic nitrogens is 7. The van der Waals surface area contributed by atoms with E-state index in [-0.39, 0.29) is 17.9 Å². The monoisotopic (exact) mass is 757 g/mol. The van der Waals surface area contributed by atoms with Crippen LogP contribution in [0, 0.1) is 13.8 Å². The summed E-state index contributed by atoms with van der Waals surface area (Å²) in [6.07, 6.45) is 3.80. The first-order valence-corrected chi connectivity index (χ1v) is 18.3. The molecule has 2 aliphatic heterocycles. The molecule has 1 fully saturated rings. The van der Waals surface area contributed by atoms with Gasteiger partial charge in [-0.1, -0.05) is 41.4 Å². The molecule has 1 atom stereocenters. The van der Waals surface area contributed by atoms with Crippen LogP contribution in [0.2, 0.25) is 10.0 Å². The highest BCUT2D eigenvalue weighted by Gasteiger charge is 2.27. The lowest BCUT2D eigenvalue weighted by molar-refractivity contribution is -0.119. The Bertz CT molecular complexity index is 2180. The van der Waals surface area contributed by atoms with Gasteiger partial charge in [0.1, 0.15) is 11.6 Å². The zero-order chi connectivity index (χ0) is 37.2. The van der Waals surface area contributed by atoms with Crippen molar-refractivity contribution in [3.8, 4) is 28.4 Å². The maximum Gasteiger partial charge on any atom is 0.291 e. The summed E-state index contributed by atoms with van der Waals surface area (Å²) < 4.78 is 9.42. The number of benzene rings is 1. The molecule has 6 heterocycles. The van der Waals surface area contributed by atoms with Gasteiger partial charge in [-0.15, -0.1) is 0 Å². The molecule has 4 aromatic heterocycles. The number of imidazole rings is 1. The van der Waals surface area contributed by atoms with E-state index in [0.29, 0.717) is 76.0 Å². The van der Waals surface area contributed by atoms with Gasteiger partial charge >= 0.3 is 0 Å². The molecule has 5 aromatic rings. The van der Waals surface area contributed by atoms with Crippen molar-refractivity contribution in [1.29, 1.82) is 0 Å². The Labute approximate surface area is 317 Å². The van der Waals surface area contributed by atoms with Gasteiger partial charge in [0.25, 0.3) is 5.91 Å². The molecular weight excluding hydrogens is 717 g/mol. The van der Waals surface area contributed by atoms with Crippen molar-refractivity contribution in [1.82, 2.24) is 49.8 Å². The third-order valence-electron chi connectivity index (χ3n) is 9.72. The van der Waals surface area contributed by atoms with Crippen LogP contribution in [-0.2, 0) is 37.9 Å². The van der Waals surface area contributed by atoms with Gasteiger partial charge in [0.2, 0.25) is 11.8 Å². The van der Waals surface area contributed by atoms with Crippen LogP contribution in [0.25, 0.3) is 22.5 Å². The van der Waals surface area contributed by atoms with Gasteiger partial charge in [0.15, 0.2) is 5.82 Å². The Morgan fingerprint density at radius 3 is 2.64 bits per heavy atom.